The number of benzene rings is 1. The van der Waals surface area contributed by atoms with Gasteiger partial charge in [-0.3, -0.25) is 4.79 Å². The largest absolute Gasteiger partial charge is 0.361 e. The topological polar surface area (TPSA) is 32.9 Å². The van der Waals surface area contributed by atoms with Crippen molar-refractivity contribution in [1.29, 1.82) is 0 Å². The third-order valence-corrected chi connectivity index (χ3v) is 3.68. The van der Waals surface area contributed by atoms with Crippen LogP contribution < -0.4 is 5.43 Å². The van der Waals surface area contributed by atoms with Gasteiger partial charge in [-0.15, -0.1) is 11.3 Å². The molecule has 0 aliphatic carbocycles. The van der Waals surface area contributed by atoms with Crippen molar-refractivity contribution < 1.29 is 0 Å². The molecule has 2 heterocycles. The van der Waals surface area contributed by atoms with Crippen molar-refractivity contribution in [1.82, 2.24) is 4.98 Å². The van der Waals surface area contributed by atoms with Crippen LogP contribution in [0, 0.1) is 6.92 Å². The van der Waals surface area contributed by atoms with E-state index in [2.05, 4.69) is 23.4 Å². The first kappa shape index (κ1) is 10.3. The molecule has 0 atom stereocenters. The number of rotatable bonds is 1. The molecule has 0 amide bonds. The molecule has 84 valence electrons. The molecule has 0 radical (unpaired) electrons. The SMILES string of the molecule is Cc1cc(-c2ccc3[nH]ccc(=O)c3c2)cs1. The Kier molecular flexibility index (Phi) is 2.34. The molecule has 1 aromatic carbocycles. The molecule has 0 saturated carbocycles. The molecule has 3 aromatic rings. The number of aryl methyl sites for hydroxylation is 1. The van der Waals surface area contributed by atoms with Crippen molar-refractivity contribution in [2.45, 2.75) is 6.92 Å². The van der Waals surface area contributed by atoms with Gasteiger partial charge < -0.3 is 4.98 Å². The summed E-state index contributed by atoms with van der Waals surface area (Å²) in [5.41, 5.74) is 3.22. The van der Waals surface area contributed by atoms with Crippen LogP contribution in [-0.2, 0) is 0 Å². The lowest BCUT2D eigenvalue weighted by atomic mass is 10.1. The van der Waals surface area contributed by atoms with Crippen molar-refractivity contribution in [2.75, 3.05) is 0 Å². The predicted octanol–water partition coefficient (Wildman–Crippen LogP) is 3.57. The van der Waals surface area contributed by atoms with E-state index >= 15 is 0 Å². The fraction of sp³-hybridized carbons (Fsp3) is 0.0714. The summed E-state index contributed by atoms with van der Waals surface area (Å²) in [7, 11) is 0. The van der Waals surface area contributed by atoms with Crippen LogP contribution in [0.3, 0.4) is 0 Å². The van der Waals surface area contributed by atoms with Gasteiger partial charge in [0.05, 0.1) is 0 Å². The fourth-order valence-corrected chi connectivity index (χ4v) is 2.66. The first-order valence-electron chi connectivity index (χ1n) is 5.41. The second-order valence-corrected chi connectivity index (χ2v) is 5.16. The van der Waals surface area contributed by atoms with Crippen LogP contribution in [-0.4, -0.2) is 4.98 Å². The zero-order chi connectivity index (χ0) is 11.8. The van der Waals surface area contributed by atoms with Gasteiger partial charge in [-0.1, -0.05) is 6.07 Å². The summed E-state index contributed by atoms with van der Waals surface area (Å²) in [5, 5.41) is 2.86. The van der Waals surface area contributed by atoms with E-state index in [1.54, 1.807) is 23.6 Å². The van der Waals surface area contributed by atoms with Crippen molar-refractivity contribution in [3.05, 3.63) is 57.0 Å². The smallest absolute Gasteiger partial charge is 0.189 e. The molecule has 0 bridgehead atoms. The van der Waals surface area contributed by atoms with Crippen LogP contribution in [0.1, 0.15) is 4.88 Å². The van der Waals surface area contributed by atoms with Gasteiger partial charge in [0.1, 0.15) is 0 Å². The van der Waals surface area contributed by atoms with Crippen molar-refractivity contribution in [3.8, 4) is 11.1 Å². The first-order valence-corrected chi connectivity index (χ1v) is 6.29. The molecule has 0 unspecified atom stereocenters. The van der Waals surface area contributed by atoms with Gasteiger partial charge in [0.2, 0.25) is 0 Å². The van der Waals surface area contributed by atoms with Crippen LogP contribution in [0.25, 0.3) is 22.0 Å². The zero-order valence-electron chi connectivity index (χ0n) is 9.36. The minimum Gasteiger partial charge on any atom is -0.361 e. The van der Waals surface area contributed by atoms with E-state index in [-0.39, 0.29) is 5.43 Å². The number of hydrogen-bond donors (Lipinski definition) is 1. The van der Waals surface area contributed by atoms with Gasteiger partial charge in [0.25, 0.3) is 0 Å². The molecular weight excluding hydrogens is 230 g/mol. The minimum absolute atomic E-state index is 0.0625. The number of thiophene rings is 1. The summed E-state index contributed by atoms with van der Waals surface area (Å²) in [6.45, 7) is 2.09. The van der Waals surface area contributed by atoms with Crippen molar-refractivity contribution in [2.24, 2.45) is 0 Å². The van der Waals surface area contributed by atoms with Gasteiger partial charge in [0, 0.05) is 28.0 Å². The van der Waals surface area contributed by atoms with Crippen LogP contribution >= 0.6 is 11.3 Å². The molecule has 0 aliphatic heterocycles. The van der Waals surface area contributed by atoms with E-state index in [0.29, 0.717) is 0 Å². The lowest BCUT2D eigenvalue weighted by Gasteiger charge is -2.01. The molecule has 2 nitrogen and oxygen atoms in total. The highest BCUT2D eigenvalue weighted by molar-refractivity contribution is 7.10. The average molecular weight is 241 g/mol. The molecule has 0 saturated heterocycles. The average Bonchev–Trinajstić information content (AvgIpc) is 2.76. The van der Waals surface area contributed by atoms with Crippen molar-refractivity contribution in [3.63, 3.8) is 0 Å². The Bertz CT molecular complexity index is 739. The number of aromatic nitrogens is 1. The summed E-state index contributed by atoms with van der Waals surface area (Å²) >= 11 is 1.72. The van der Waals surface area contributed by atoms with Crippen LogP contribution in [0.4, 0.5) is 0 Å². The van der Waals surface area contributed by atoms with E-state index in [9.17, 15) is 4.79 Å². The second kappa shape index (κ2) is 3.86. The van der Waals surface area contributed by atoms with Gasteiger partial charge in [-0.25, -0.2) is 0 Å². The van der Waals surface area contributed by atoms with E-state index in [1.807, 2.05) is 18.2 Å². The monoisotopic (exact) mass is 241 g/mol. The lowest BCUT2D eigenvalue weighted by molar-refractivity contribution is 1.39. The maximum atomic E-state index is 11.8. The molecule has 0 fully saturated rings. The number of H-pyrrole nitrogens is 1. The first-order chi connectivity index (χ1) is 8.24. The van der Waals surface area contributed by atoms with Crippen molar-refractivity contribution >= 4 is 22.2 Å². The summed E-state index contributed by atoms with van der Waals surface area (Å²) in [6, 6.07) is 9.66. The third-order valence-electron chi connectivity index (χ3n) is 2.82. The number of fused-ring (bicyclic) bond motifs is 1. The molecule has 2 aromatic heterocycles. The predicted molar refractivity (Wildman–Crippen MR) is 72.6 cm³/mol. The number of hydrogen-bond acceptors (Lipinski definition) is 2. The Hall–Kier alpha value is -1.87. The Labute approximate surface area is 103 Å². The molecule has 17 heavy (non-hydrogen) atoms. The molecular formula is C14H11NOS. The molecule has 0 spiro atoms. The zero-order valence-corrected chi connectivity index (χ0v) is 10.2. The highest BCUT2D eigenvalue weighted by Crippen LogP contribution is 2.26. The lowest BCUT2D eigenvalue weighted by Crippen LogP contribution is -1.99. The maximum absolute atomic E-state index is 11.8. The normalized spacial score (nSPS) is 10.9. The second-order valence-electron chi connectivity index (χ2n) is 4.05. The Balaban J connectivity index is 2.26. The van der Waals surface area contributed by atoms with E-state index in [1.165, 1.54) is 10.4 Å². The third kappa shape index (κ3) is 1.78. The molecule has 1 N–H and O–H groups in total. The molecule has 0 aliphatic rings. The summed E-state index contributed by atoms with van der Waals surface area (Å²) in [6.07, 6.45) is 1.68. The summed E-state index contributed by atoms with van der Waals surface area (Å²) in [5.74, 6) is 0. The minimum atomic E-state index is 0.0625. The van der Waals surface area contributed by atoms with Gasteiger partial charge in [0.15, 0.2) is 5.43 Å². The van der Waals surface area contributed by atoms with Gasteiger partial charge in [-0.05, 0) is 41.6 Å². The van der Waals surface area contributed by atoms with E-state index in [0.717, 1.165) is 16.5 Å². The summed E-state index contributed by atoms with van der Waals surface area (Å²) < 4.78 is 0. The fourth-order valence-electron chi connectivity index (χ4n) is 1.95. The van der Waals surface area contributed by atoms with Gasteiger partial charge >= 0.3 is 0 Å². The van der Waals surface area contributed by atoms with Crippen LogP contribution in [0.2, 0.25) is 0 Å². The number of aromatic amines is 1. The molecule has 3 rings (SSSR count). The Morgan fingerprint density at radius 3 is 2.76 bits per heavy atom. The van der Waals surface area contributed by atoms with Crippen LogP contribution in [0.15, 0.2) is 46.7 Å². The quantitative estimate of drug-likeness (QED) is 0.694. The Morgan fingerprint density at radius 1 is 1.12 bits per heavy atom. The summed E-state index contributed by atoms with van der Waals surface area (Å²) in [4.78, 5) is 16.1. The Morgan fingerprint density at radius 2 is 2.00 bits per heavy atom. The highest BCUT2D eigenvalue weighted by Gasteiger charge is 2.03. The van der Waals surface area contributed by atoms with Crippen LogP contribution in [0.5, 0.6) is 0 Å². The number of nitrogens with one attached hydrogen (secondary N) is 1. The van der Waals surface area contributed by atoms with Gasteiger partial charge in [-0.2, -0.15) is 0 Å². The standard InChI is InChI=1S/C14H11NOS/c1-9-6-11(8-17-9)10-2-3-13-12(7-10)14(16)4-5-15-13/h2-8H,1H3,(H,15,16). The van der Waals surface area contributed by atoms with E-state index in [4.69, 9.17) is 0 Å². The van der Waals surface area contributed by atoms with E-state index < -0.39 is 0 Å². The maximum Gasteiger partial charge on any atom is 0.189 e. The highest BCUT2D eigenvalue weighted by atomic mass is 32.1. The number of pyridine rings is 1. The molecule has 3 heteroatoms.